The van der Waals surface area contributed by atoms with Crippen LogP contribution in [0.15, 0.2) is 17.1 Å². The number of halogens is 1. The van der Waals surface area contributed by atoms with Crippen LogP contribution in [0.1, 0.15) is 25.3 Å². The lowest BCUT2D eigenvalue weighted by Crippen LogP contribution is -2.53. The van der Waals surface area contributed by atoms with Gasteiger partial charge >= 0.3 is 0 Å². The predicted molar refractivity (Wildman–Crippen MR) is 145 cm³/mol. The van der Waals surface area contributed by atoms with Crippen molar-refractivity contribution >= 4 is 29.9 Å². The van der Waals surface area contributed by atoms with Crippen molar-refractivity contribution in [1.29, 1.82) is 0 Å². The van der Waals surface area contributed by atoms with E-state index in [1.807, 2.05) is 19.2 Å². The molecular formula is C24H42IN5O3. The number of nitrogens with one attached hydrogen (secondary N) is 1. The Balaban J connectivity index is 0.00000385. The number of likely N-dealkylation sites (tertiary alicyclic amines) is 1. The summed E-state index contributed by atoms with van der Waals surface area (Å²) in [7, 11) is 6.83. The summed E-state index contributed by atoms with van der Waals surface area (Å²) in [6, 6.07) is 4.07. The molecule has 1 aromatic rings. The van der Waals surface area contributed by atoms with Gasteiger partial charge in [0.05, 0.1) is 21.3 Å². The number of hydrogen-bond donors (Lipinski definition) is 1. The van der Waals surface area contributed by atoms with Crippen LogP contribution in [0, 0.1) is 5.92 Å². The van der Waals surface area contributed by atoms with E-state index in [1.165, 1.54) is 25.9 Å². The number of guanidine groups is 1. The second-order valence-electron chi connectivity index (χ2n) is 8.82. The van der Waals surface area contributed by atoms with Crippen molar-refractivity contribution in [3.63, 3.8) is 0 Å². The van der Waals surface area contributed by atoms with Crippen LogP contribution >= 0.6 is 24.0 Å². The summed E-state index contributed by atoms with van der Waals surface area (Å²) in [4.78, 5) is 11.9. The highest BCUT2D eigenvalue weighted by Gasteiger charge is 2.22. The minimum absolute atomic E-state index is 0. The third kappa shape index (κ3) is 7.78. The summed E-state index contributed by atoms with van der Waals surface area (Å²) < 4.78 is 16.4. The van der Waals surface area contributed by atoms with Gasteiger partial charge in [0.2, 0.25) is 5.75 Å². The van der Waals surface area contributed by atoms with Gasteiger partial charge in [0.15, 0.2) is 17.5 Å². The molecule has 0 aliphatic carbocycles. The molecule has 0 amide bonds. The molecule has 1 atom stereocenters. The first-order valence-electron chi connectivity index (χ1n) is 11.8. The third-order valence-electron chi connectivity index (χ3n) is 6.47. The van der Waals surface area contributed by atoms with Gasteiger partial charge in [0, 0.05) is 59.4 Å². The number of nitrogens with zero attached hydrogens (tertiary/aromatic N) is 4. The molecule has 1 aromatic carbocycles. The largest absolute Gasteiger partial charge is 0.493 e. The van der Waals surface area contributed by atoms with Crippen molar-refractivity contribution in [2.24, 2.45) is 10.9 Å². The second-order valence-corrected chi connectivity index (χ2v) is 8.82. The van der Waals surface area contributed by atoms with Crippen molar-refractivity contribution in [3.05, 3.63) is 17.7 Å². The van der Waals surface area contributed by atoms with Crippen molar-refractivity contribution in [1.82, 2.24) is 20.0 Å². The first kappa shape index (κ1) is 27.8. The molecule has 1 N–H and O–H groups in total. The summed E-state index contributed by atoms with van der Waals surface area (Å²) >= 11 is 0. The highest BCUT2D eigenvalue weighted by atomic mass is 127. The number of ether oxygens (including phenoxy) is 3. The van der Waals surface area contributed by atoms with Gasteiger partial charge in [-0.05, 0) is 43.0 Å². The molecule has 2 heterocycles. The van der Waals surface area contributed by atoms with Crippen LogP contribution in [0.3, 0.4) is 0 Å². The molecule has 2 aliphatic rings. The van der Waals surface area contributed by atoms with Gasteiger partial charge in [0.25, 0.3) is 0 Å². The molecule has 8 nitrogen and oxygen atoms in total. The van der Waals surface area contributed by atoms with Crippen LogP contribution in [-0.4, -0.2) is 101 Å². The Morgan fingerprint density at radius 2 is 1.67 bits per heavy atom. The summed E-state index contributed by atoms with van der Waals surface area (Å²) in [5, 5.41) is 3.58. The third-order valence-corrected chi connectivity index (χ3v) is 6.47. The number of benzene rings is 1. The topological polar surface area (TPSA) is 61.8 Å². The molecule has 0 aromatic heterocycles. The maximum absolute atomic E-state index is 5.50. The average molecular weight is 576 g/mol. The molecule has 2 saturated heterocycles. The molecule has 0 bridgehead atoms. The fraction of sp³-hybridized carbons (Fsp3) is 0.708. The average Bonchev–Trinajstić information content (AvgIpc) is 2.82. The monoisotopic (exact) mass is 575 g/mol. The van der Waals surface area contributed by atoms with Crippen molar-refractivity contribution < 1.29 is 14.2 Å². The zero-order valence-corrected chi connectivity index (χ0v) is 23.3. The molecule has 0 spiro atoms. The Kier molecular flexibility index (Phi) is 11.8. The Bertz CT molecular complexity index is 731. The molecule has 188 valence electrons. The van der Waals surface area contributed by atoms with E-state index < -0.39 is 0 Å². The fourth-order valence-corrected chi connectivity index (χ4v) is 4.75. The lowest BCUT2D eigenvalue weighted by Gasteiger charge is -2.37. The van der Waals surface area contributed by atoms with E-state index in [0.717, 1.165) is 63.3 Å². The molecule has 3 rings (SSSR count). The lowest BCUT2D eigenvalue weighted by atomic mass is 10.0. The predicted octanol–water partition coefficient (Wildman–Crippen LogP) is 2.76. The summed E-state index contributed by atoms with van der Waals surface area (Å²) in [6.07, 6.45) is 2.69. The SMILES string of the molecule is CN=C(NCCN1CCCC(C)C1)N1CCN(Cc2cc(OC)c(OC)c(OC)c2)CC1.I. The Morgan fingerprint density at radius 3 is 2.21 bits per heavy atom. The second kappa shape index (κ2) is 14.1. The van der Waals surface area contributed by atoms with Crippen molar-refractivity contribution in [2.45, 2.75) is 26.3 Å². The number of hydrogen-bond acceptors (Lipinski definition) is 6. The van der Waals surface area contributed by atoms with Gasteiger partial charge in [-0.25, -0.2) is 0 Å². The molecule has 1 unspecified atom stereocenters. The minimum Gasteiger partial charge on any atom is -0.493 e. The summed E-state index contributed by atoms with van der Waals surface area (Å²) in [5.41, 5.74) is 1.16. The molecule has 0 saturated carbocycles. The number of piperidine rings is 1. The number of aliphatic imine (C=N–C) groups is 1. The standard InChI is InChI=1S/C24H41N5O3.HI/c1-19-7-6-9-27(17-19)10-8-26-24(25-2)29-13-11-28(12-14-29)18-20-15-21(30-3)23(32-5)22(16-20)31-4;/h15-16,19H,6-14,17-18H2,1-5H3,(H,25,26);1H. The number of methoxy groups -OCH3 is 3. The van der Waals surface area contributed by atoms with Crippen LogP contribution in [0.25, 0.3) is 0 Å². The van der Waals surface area contributed by atoms with E-state index in [2.05, 4.69) is 31.9 Å². The molecular weight excluding hydrogens is 533 g/mol. The Morgan fingerprint density at radius 1 is 1.00 bits per heavy atom. The van der Waals surface area contributed by atoms with Crippen LogP contribution in [-0.2, 0) is 6.54 Å². The van der Waals surface area contributed by atoms with Crippen LogP contribution < -0.4 is 19.5 Å². The van der Waals surface area contributed by atoms with E-state index in [-0.39, 0.29) is 24.0 Å². The van der Waals surface area contributed by atoms with Gasteiger partial charge in [-0.3, -0.25) is 9.89 Å². The summed E-state index contributed by atoms with van der Waals surface area (Å²) in [5.74, 6) is 3.88. The zero-order valence-electron chi connectivity index (χ0n) is 20.9. The highest BCUT2D eigenvalue weighted by molar-refractivity contribution is 14.0. The molecule has 2 fully saturated rings. The lowest BCUT2D eigenvalue weighted by molar-refractivity contribution is 0.169. The van der Waals surface area contributed by atoms with Gasteiger partial charge < -0.3 is 29.3 Å². The molecule has 33 heavy (non-hydrogen) atoms. The van der Waals surface area contributed by atoms with E-state index in [9.17, 15) is 0 Å². The zero-order chi connectivity index (χ0) is 22.9. The van der Waals surface area contributed by atoms with Gasteiger partial charge in [-0.1, -0.05) is 6.92 Å². The quantitative estimate of drug-likeness (QED) is 0.291. The maximum Gasteiger partial charge on any atom is 0.203 e. The smallest absolute Gasteiger partial charge is 0.203 e. The molecule has 0 radical (unpaired) electrons. The van der Waals surface area contributed by atoms with Gasteiger partial charge in [0.1, 0.15) is 0 Å². The Labute approximate surface area is 216 Å². The van der Waals surface area contributed by atoms with E-state index in [0.29, 0.717) is 17.2 Å². The van der Waals surface area contributed by atoms with E-state index >= 15 is 0 Å². The first-order valence-corrected chi connectivity index (χ1v) is 11.8. The molecule has 9 heteroatoms. The van der Waals surface area contributed by atoms with Gasteiger partial charge in [-0.15, -0.1) is 24.0 Å². The highest BCUT2D eigenvalue weighted by Crippen LogP contribution is 2.38. The summed E-state index contributed by atoms with van der Waals surface area (Å²) in [6.45, 7) is 11.6. The fourth-order valence-electron chi connectivity index (χ4n) is 4.75. The van der Waals surface area contributed by atoms with E-state index in [1.54, 1.807) is 21.3 Å². The number of rotatable bonds is 8. The normalized spacial score (nSPS) is 20.2. The van der Waals surface area contributed by atoms with Gasteiger partial charge in [-0.2, -0.15) is 0 Å². The van der Waals surface area contributed by atoms with Crippen molar-refractivity contribution in [2.75, 3.05) is 80.7 Å². The maximum atomic E-state index is 5.50. The minimum atomic E-state index is 0. The first-order chi connectivity index (χ1) is 15.6. The van der Waals surface area contributed by atoms with Crippen LogP contribution in [0.4, 0.5) is 0 Å². The van der Waals surface area contributed by atoms with Crippen LogP contribution in [0.2, 0.25) is 0 Å². The Hall–Kier alpha value is -1.46. The van der Waals surface area contributed by atoms with Crippen LogP contribution in [0.5, 0.6) is 17.2 Å². The number of piperazine rings is 1. The van der Waals surface area contributed by atoms with E-state index in [4.69, 9.17) is 14.2 Å². The van der Waals surface area contributed by atoms with Crippen molar-refractivity contribution in [3.8, 4) is 17.2 Å². The molecule has 2 aliphatic heterocycles.